The Morgan fingerprint density at radius 2 is 1.54 bits per heavy atom. The number of phenolic OH excluding ortho intramolecular Hbond substituents is 2. The first-order valence-electron chi connectivity index (χ1n) is 9.58. The van der Waals surface area contributed by atoms with Gasteiger partial charge in [0.1, 0.15) is 5.82 Å². The molecule has 0 unspecified atom stereocenters. The molecule has 0 spiro atoms. The molecule has 1 fully saturated rings. The highest BCUT2D eigenvalue weighted by Gasteiger charge is 2.28. The van der Waals surface area contributed by atoms with Crippen molar-refractivity contribution < 1.29 is 15.0 Å². The minimum Gasteiger partial charge on any atom is -0.504 e. The molecule has 0 radical (unpaired) electrons. The number of rotatable bonds is 3. The van der Waals surface area contributed by atoms with Crippen LogP contribution in [-0.2, 0) is 5.41 Å². The van der Waals surface area contributed by atoms with Crippen molar-refractivity contribution in [2.45, 2.75) is 39.5 Å². The number of hydrogen-bond acceptors (Lipinski definition) is 5. The summed E-state index contributed by atoms with van der Waals surface area (Å²) < 4.78 is 0. The Labute approximate surface area is 166 Å². The predicted octanol–water partition coefficient (Wildman–Crippen LogP) is 3.84. The fourth-order valence-electron chi connectivity index (χ4n) is 3.38. The van der Waals surface area contributed by atoms with Crippen LogP contribution >= 0.6 is 0 Å². The summed E-state index contributed by atoms with van der Waals surface area (Å²) in [5.74, 6) is 0.0962. The average molecular weight is 380 g/mol. The SMILES string of the molecule is Cc1ccc(C(=O)C(=C2NCCCN2)c2cc(O)c(O)cc2C(C)(C)C)cc1. The number of ketones is 1. The molecule has 1 aliphatic rings. The van der Waals surface area contributed by atoms with E-state index in [2.05, 4.69) is 10.6 Å². The van der Waals surface area contributed by atoms with E-state index in [-0.39, 0.29) is 22.7 Å². The lowest BCUT2D eigenvalue weighted by Crippen LogP contribution is -2.37. The summed E-state index contributed by atoms with van der Waals surface area (Å²) in [5, 5.41) is 26.9. The van der Waals surface area contributed by atoms with Gasteiger partial charge in [0, 0.05) is 18.7 Å². The second kappa shape index (κ2) is 7.58. The van der Waals surface area contributed by atoms with E-state index >= 15 is 0 Å². The Hall–Kier alpha value is -2.95. The van der Waals surface area contributed by atoms with Crippen LogP contribution in [0.1, 0.15) is 54.2 Å². The van der Waals surface area contributed by atoms with E-state index < -0.39 is 0 Å². The van der Waals surface area contributed by atoms with Crippen molar-refractivity contribution in [1.82, 2.24) is 10.6 Å². The molecule has 0 bridgehead atoms. The van der Waals surface area contributed by atoms with Crippen LogP contribution < -0.4 is 10.6 Å². The average Bonchev–Trinajstić information content (AvgIpc) is 2.65. The third-order valence-electron chi connectivity index (χ3n) is 4.94. The van der Waals surface area contributed by atoms with E-state index in [0.717, 1.165) is 30.6 Å². The normalized spacial score (nSPS) is 14.2. The monoisotopic (exact) mass is 380 g/mol. The molecule has 0 amide bonds. The van der Waals surface area contributed by atoms with Crippen LogP contribution in [0.3, 0.4) is 0 Å². The van der Waals surface area contributed by atoms with Gasteiger partial charge in [-0.05, 0) is 42.0 Å². The van der Waals surface area contributed by atoms with Gasteiger partial charge in [0.05, 0.1) is 5.57 Å². The molecule has 2 aromatic carbocycles. The number of phenols is 2. The maximum Gasteiger partial charge on any atom is 0.197 e. The highest BCUT2D eigenvalue weighted by molar-refractivity contribution is 6.30. The third-order valence-corrected chi connectivity index (χ3v) is 4.94. The molecule has 148 valence electrons. The fraction of sp³-hybridized carbons (Fsp3) is 0.348. The molecule has 2 aromatic rings. The number of Topliss-reactive ketones (excluding diaryl/α,β-unsaturated/α-hetero) is 1. The van der Waals surface area contributed by atoms with Crippen molar-refractivity contribution >= 4 is 11.4 Å². The number of allylic oxidation sites excluding steroid dienone is 1. The Kier molecular flexibility index (Phi) is 5.36. The Bertz CT molecular complexity index is 914. The van der Waals surface area contributed by atoms with E-state index in [0.29, 0.717) is 22.5 Å². The highest BCUT2D eigenvalue weighted by atomic mass is 16.3. The van der Waals surface area contributed by atoms with Gasteiger partial charge in [-0.2, -0.15) is 0 Å². The van der Waals surface area contributed by atoms with E-state index in [1.807, 2.05) is 52.0 Å². The van der Waals surface area contributed by atoms with Crippen molar-refractivity contribution in [2.24, 2.45) is 0 Å². The number of benzene rings is 2. The maximum absolute atomic E-state index is 13.5. The molecule has 4 N–H and O–H groups in total. The Morgan fingerprint density at radius 3 is 2.11 bits per heavy atom. The minimum absolute atomic E-state index is 0.132. The van der Waals surface area contributed by atoms with Gasteiger partial charge in [-0.3, -0.25) is 4.79 Å². The van der Waals surface area contributed by atoms with Crippen molar-refractivity contribution in [3.8, 4) is 11.5 Å². The molecule has 5 nitrogen and oxygen atoms in total. The van der Waals surface area contributed by atoms with Crippen LogP contribution in [0.5, 0.6) is 11.5 Å². The molecule has 0 atom stereocenters. The zero-order valence-corrected chi connectivity index (χ0v) is 16.9. The van der Waals surface area contributed by atoms with Crippen molar-refractivity contribution in [1.29, 1.82) is 0 Å². The number of nitrogens with one attached hydrogen (secondary N) is 2. The Morgan fingerprint density at radius 1 is 0.964 bits per heavy atom. The number of hydrogen-bond donors (Lipinski definition) is 4. The quantitative estimate of drug-likeness (QED) is 0.370. The van der Waals surface area contributed by atoms with Gasteiger partial charge in [-0.1, -0.05) is 50.6 Å². The first-order chi connectivity index (χ1) is 13.2. The van der Waals surface area contributed by atoms with E-state index in [4.69, 9.17) is 0 Å². The molecule has 5 heteroatoms. The summed E-state index contributed by atoms with van der Waals surface area (Å²) in [6.07, 6.45) is 0.961. The van der Waals surface area contributed by atoms with Gasteiger partial charge in [-0.25, -0.2) is 0 Å². The lowest BCUT2D eigenvalue weighted by atomic mass is 9.80. The summed E-state index contributed by atoms with van der Waals surface area (Å²) in [4.78, 5) is 13.5. The number of carbonyl (C=O) groups is 1. The van der Waals surface area contributed by atoms with Crippen LogP contribution in [0.25, 0.3) is 5.57 Å². The van der Waals surface area contributed by atoms with Crippen molar-refractivity contribution in [3.63, 3.8) is 0 Å². The van der Waals surface area contributed by atoms with Gasteiger partial charge in [0.2, 0.25) is 0 Å². The zero-order valence-electron chi connectivity index (χ0n) is 16.9. The van der Waals surface area contributed by atoms with E-state index in [1.54, 1.807) is 6.07 Å². The van der Waals surface area contributed by atoms with Crippen LogP contribution in [-0.4, -0.2) is 29.1 Å². The zero-order chi connectivity index (χ0) is 20.5. The summed E-state index contributed by atoms with van der Waals surface area (Å²) >= 11 is 0. The molecular formula is C23H28N2O3. The third kappa shape index (κ3) is 3.98. The standard InChI is InChI=1S/C23H28N2O3/c1-14-6-8-15(9-7-14)21(28)20(22-24-10-5-11-25-22)16-12-18(26)19(27)13-17(16)23(2,3)4/h6-9,12-13,24-27H,5,10-11H2,1-4H3. The molecule has 1 heterocycles. The van der Waals surface area contributed by atoms with Crippen LogP contribution in [0.2, 0.25) is 0 Å². The minimum atomic E-state index is -0.339. The molecule has 1 aliphatic heterocycles. The van der Waals surface area contributed by atoms with Crippen molar-refractivity contribution in [2.75, 3.05) is 13.1 Å². The van der Waals surface area contributed by atoms with Gasteiger partial charge < -0.3 is 20.8 Å². The van der Waals surface area contributed by atoms with E-state index in [9.17, 15) is 15.0 Å². The second-order valence-corrected chi connectivity index (χ2v) is 8.29. The number of carbonyl (C=O) groups excluding carboxylic acids is 1. The molecule has 0 aromatic heterocycles. The molecule has 0 saturated carbocycles. The van der Waals surface area contributed by atoms with Crippen LogP contribution in [0, 0.1) is 6.92 Å². The topological polar surface area (TPSA) is 81.6 Å². The van der Waals surface area contributed by atoms with Crippen LogP contribution in [0.15, 0.2) is 42.2 Å². The fourth-order valence-corrected chi connectivity index (χ4v) is 3.38. The van der Waals surface area contributed by atoms with Gasteiger partial charge in [-0.15, -0.1) is 0 Å². The highest BCUT2D eigenvalue weighted by Crippen LogP contribution is 2.39. The lowest BCUT2D eigenvalue weighted by molar-refractivity contribution is 0.105. The lowest BCUT2D eigenvalue weighted by Gasteiger charge is -2.28. The molecule has 28 heavy (non-hydrogen) atoms. The van der Waals surface area contributed by atoms with E-state index in [1.165, 1.54) is 6.07 Å². The molecule has 1 saturated heterocycles. The second-order valence-electron chi connectivity index (χ2n) is 8.29. The molecule has 3 rings (SSSR count). The van der Waals surface area contributed by atoms with Gasteiger partial charge >= 0.3 is 0 Å². The summed E-state index contributed by atoms with van der Waals surface area (Å²) in [5.41, 5.74) is 3.20. The predicted molar refractivity (Wildman–Crippen MR) is 112 cm³/mol. The smallest absolute Gasteiger partial charge is 0.197 e. The van der Waals surface area contributed by atoms with Gasteiger partial charge in [0.15, 0.2) is 17.3 Å². The number of aryl methyl sites for hydroxylation is 1. The summed E-state index contributed by atoms with van der Waals surface area (Å²) in [7, 11) is 0. The Balaban J connectivity index is 2.25. The first kappa shape index (κ1) is 19.8. The van der Waals surface area contributed by atoms with Crippen molar-refractivity contribution in [3.05, 3.63) is 64.5 Å². The number of aromatic hydroxyl groups is 2. The summed E-state index contributed by atoms with van der Waals surface area (Å²) in [6, 6.07) is 10.5. The molecular weight excluding hydrogens is 352 g/mol. The first-order valence-corrected chi connectivity index (χ1v) is 9.58. The van der Waals surface area contributed by atoms with Crippen LogP contribution in [0.4, 0.5) is 0 Å². The summed E-state index contributed by atoms with van der Waals surface area (Å²) in [6.45, 7) is 9.56. The maximum atomic E-state index is 13.5. The van der Waals surface area contributed by atoms with Gasteiger partial charge in [0.25, 0.3) is 0 Å². The largest absolute Gasteiger partial charge is 0.504 e. The molecule has 0 aliphatic carbocycles.